The van der Waals surface area contributed by atoms with Crippen LogP contribution in [0.2, 0.25) is 0 Å². The largest absolute Gasteiger partial charge is 0.481 e. The molecule has 2 saturated heterocycles. The lowest BCUT2D eigenvalue weighted by Crippen LogP contribution is -2.50. The van der Waals surface area contributed by atoms with Crippen LogP contribution in [0.5, 0.6) is 0 Å². The number of carboxylic acid groups (broad SMARTS) is 1. The molecule has 28 heavy (non-hydrogen) atoms. The lowest BCUT2D eigenvalue weighted by Gasteiger charge is -2.36. The number of likely N-dealkylation sites (tertiary alicyclic amines) is 1. The first-order chi connectivity index (χ1) is 13.5. The van der Waals surface area contributed by atoms with E-state index in [9.17, 15) is 19.5 Å². The van der Waals surface area contributed by atoms with Crippen molar-refractivity contribution in [1.82, 2.24) is 10.2 Å². The average Bonchev–Trinajstić information content (AvgIpc) is 3.18. The number of amides is 2. The third kappa shape index (κ3) is 5.25. The summed E-state index contributed by atoms with van der Waals surface area (Å²) in [6.45, 7) is 3.45. The number of carbonyl (C=O) groups is 3. The Kier molecular flexibility index (Phi) is 7.32. The van der Waals surface area contributed by atoms with Crippen LogP contribution in [0.4, 0.5) is 0 Å². The molecule has 0 spiro atoms. The molecule has 158 valence electrons. The summed E-state index contributed by atoms with van der Waals surface area (Å²) in [5, 5.41) is 12.2. The highest BCUT2D eigenvalue weighted by Gasteiger charge is 2.41. The fourth-order valence-corrected chi connectivity index (χ4v) is 5.08. The van der Waals surface area contributed by atoms with E-state index in [0.29, 0.717) is 38.5 Å². The Morgan fingerprint density at radius 2 is 1.75 bits per heavy atom. The van der Waals surface area contributed by atoms with Gasteiger partial charge < -0.3 is 20.1 Å². The van der Waals surface area contributed by atoms with Gasteiger partial charge in [-0.1, -0.05) is 19.3 Å². The molecule has 2 heterocycles. The summed E-state index contributed by atoms with van der Waals surface area (Å²) < 4.78 is 5.69. The summed E-state index contributed by atoms with van der Waals surface area (Å²) in [5.41, 5.74) is 0. The second kappa shape index (κ2) is 9.72. The summed E-state index contributed by atoms with van der Waals surface area (Å²) >= 11 is 0. The van der Waals surface area contributed by atoms with Gasteiger partial charge in [-0.15, -0.1) is 0 Å². The van der Waals surface area contributed by atoms with E-state index in [1.165, 1.54) is 19.3 Å². The number of nitrogens with one attached hydrogen (secondary N) is 1. The molecule has 3 atom stereocenters. The van der Waals surface area contributed by atoms with Crippen molar-refractivity contribution in [3.63, 3.8) is 0 Å². The van der Waals surface area contributed by atoms with E-state index in [2.05, 4.69) is 5.32 Å². The normalized spacial score (nSPS) is 28.1. The Hall–Kier alpha value is -1.63. The molecular formula is C21H34N2O5. The van der Waals surface area contributed by atoms with Crippen molar-refractivity contribution in [2.75, 3.05) is 19.7 Å². The van der Waals surface area contributed by atoms with Crippen LogP contribution >= 0.6 is 0 Å². The Balaban J connectivity index is 1.42. The van der Waals surface area contributed by atoms with Crippen LogP contribution in [0.3, 0.4) is 0 Å². The Labute approximate surface area is 167 Å². The molecule has 0 bridgehead atoms. The van der Waals surface area contributed by atoms with E-state index < -0.39 is 17.9 Å². The highest BCUT2D eigenvalue weighted by Crippen LogP contribution is 2.33. The summed E-state index contributed by atoms with van der Waals surface area (Å²) in [6, 6.07) is -0.512. The molecule has 0 aromatic carbocycles. The number of piperidine rings is 1. The van der Waals surface area contributed by atoms with Gasteiger partial charge in [0.1, 0.15) is 6.04 Å². The van der Waals surface area contributed by atoms with Crippen molar-refractivity contribution in [3.8, 4) is 0 Å². The van der Waals surface area contributed by atoms with Gasteiger partial charge in [0.25, 0.3) is 0 Å². The maximum absolute atomic E-state index is 12.7. The SMILES string of the molecule is CC(NC(=O)CC1CCCCC1)C(=O)N1CCC([C@@H]2OCCC2C(=O)O)CC1. The molecule has 2 amide bonds. The number of rotatable bonds is 6. The predicted octanol–water partition coefficient (Wildman–Crippen LogP) is 2.19. The predicted molar refractivity (Wildman–Crippen MR) is 104 cm³/mol. The van der Waals surface area contributed by atoms with Crippen molar-refractivity contribution < 1.29 is 24.2 Å². The van der Waals surface area contributed by atoms with Crippen LogP contribution in [0.15, 0.2) is 0 Å². The fourth-order valence-electron chi connectivity index (χ4n) is 5.08. The van der Waals surface area contributed by atoms with E-state index >= 15 is 0 Å². The molecule has 1 aliphatic carbocycles. The van der Waals surface area contributed by atoms with Crippen molar-refractivity contribution in [3.05, 3.63) is 0 Å². The summed E-state index contributed by atoms with van der Waals surface area (Å²) in [5.74, 6) is -0.631. The van der Waals surface area contributed by atoms with Crippen molar-refractivity contribution in [2.45, 2.75) is 76.9 Å². The maximum Gasteiger partial charge on any atom is 0.309 e. The first-order valence-electron chi connectivity index (χ1n) is 10.9. The van der Waals surface area contributed by atoms with Gasteiger partial charge in [0, 0.05) is 26.1 Å². The van der Waals surface area contributed by atoms with Crippen LogP contribution < -0.4 is 5.32 Å². The third-order valence-corrected chi connectivity index (χ3v) is 6.72. The molecule has 3 rings (SSSR count). The molecule has 3 fully saturated rings. The first-order valence-corrected chi connectivity index (χ1v) is 10.9. The van der Waals surface area contributed by atoms with Gasteiger partial charge in [0.05, 0.1) is 12.0 Å². The van der Waals surface area contributed by atoms with Gasteiger partial charge in [-0.25, -0.2) is 0 Å². The molecule has 2 aliphatic heterocycles. The number of aliphatic carboxylic acids is 1. The zero-order chi connectivity index (χ0) is 20.1. The van der Waals surface area contributed by atoms with Gasteiger partial charge in [-0.2, -0.15) is 0 Å². The molecule has 0 radical (unpaired) electrons. The van der Waals surface area contributed by atoms with Gasteiger partial charge in [0.15, 0.2) is 0 Å². The molecule has 1 saturated carbocycles. The number of carboxylic acids is 1. The van der Waals surface area contributed by atoms with Gasteiger partial charge in [-0.3, -0.25) is 14.4 Å². The minimum absolute atomic E-state index is 0.0220. The van der Waals surface area contributed by atoms with E-state index in [4.69, 9.17) is 4.74 Å². The summed E-state index contributed by atoms with van der Waals surface area (Å²) in [6.07, 6.45) is 8.27. The van der Waals surface area contributed by atoms with Crippen molar-refractivity contribution in [2.24, 2.45) is 17.8 Å². The number of hydrogen-bond acceptors (Lipinski definition) is 4. The molecular weight excluding hydrogens is 360 g/mol. The van der Waals surface area contributed by atoms with Crippen LogP contribution in [0.25, 0.3) is 0 Å². The lowest BCUT2D eigenvalue weighted by molar-refractivity contribution is -0.146. The second-order valence-corrected chi connectivity index (χ2v) is 8.73. The van der Waals surface area contributed by atoms with E-state index in [1.807, 2.05) is 0 Å². The zero-order valence-corrected chi connectivity index (χ0v) is 16.9. The molecule has 2 unspecified atom stereocenters. The average molecular weight is 395 g/mol. The fraction of sp³-hybridized carbons (Fsp3) is 0.857. The highest BCUT2D eigenvalue weighted by atomic mass is 16.5. The summed E-state index contributed by atoms with van der Waals surface area (Å²) in [7, 11) is 0. The zero-order valence-electron chi connectivity index (χ0n) is 16.9. The van der Waals surface area contributed by atoms with E-state index in [0.717, 1.165) is 25.7 Å². The van der Waals surface area contributed by atoms with Crippen LogP contribution in [0, 0.1) is 17.8 Å². The maximum atomic E-state index is 12.7. The van der Waals surface area contributed by atoms with Crippen molar-refractivity contribution >= 4 is 17.8 Å². The standard InChI is InChI=1S/C21H34N2O5/c1-14(22-18(24)13-15-5-3-2-4-6-15)20(25)23-10-7-16(8-11-23)19-17(21(26)27)9-12-28-19/h14-17,19H,2-13H2,1H3,(H,22,24)(H,26,27)/t14?,17?,19-/m0/s1. The minimum Gasteiger partial charge on any atom is -0.481 e. The second-order valence-electron chi connectivity index (χ2n) is 8.73. The molecule has 7 nitrogen and oxygen atoms in total. The van der Waals surface area contributed by atoms with Gasteiger partial charge in [0.2, 0.25) is 11.8 Å². The molecule has 0 aromatic rings. The van der Waals surface area contributed by atoms with Crippen LogP contribution in [-0.2, 0) is 19.1 Å². The summed E-state index contributed by atoms with van der Waals surface area (Å²) in [4.78, 5) is 38.2. The lowest BCUT2D eigenvalue weighted by atomic mass is 9.84. The topological polar surface area (TPSA) is 95.9 Å². The number of carbonyl (C=O) groups excluding carboxylic acids is 2. The smallest absolute Gasteiger partial charge is 0.309 e. The van der Waals surface area contributed by atoms with Gasteiger partial charge in [-0.05, 0) is 50.9 Å². The highest BCUT2D eigenvalue weighted by molar-refractivity contribution is 5.87. The minimum atomic E-state index is -0.782. The Bertz CT molecular complexity index is 567. The molecule has 2 N–H and O–H groups in total. The number of ether oxygens (including phenoxy) is 1. The van der Waals surface area contributed by atoms with E-state index in [-0.39, 0.29) is 23.8 Å². The number of nitrogens with zero attached hydrogens (tertiary/aromatic N) is 1. The van der Waals surface area contributed by atoms with Crippen molar-refractivity contribution in [1.29, 1.82) is 0 Å². The van der Waals surface area contributed by atoms with Crippen LogP contribution in [-0.4, -0.2) is 59.6 Å². The van der Waals surface area contributed by atoms with Crippen LogP contribution in [0.1, 0.15) is 64.7 Å². The molecule has 7 heteroatoms. The Morgan fingerprint density at radius 3 is 2.39 bits per heavy atom. The molecule has 3 aliphatic rings. The Morgan fingerprint density at radius 1 is 1.07 bits per heavy atom. The van der Waals surface area contributed by atoms with Gasteiger partial charge >= 0.3 is 5.97 Å². The van der Waals surface area contributed by atoms with E-state index in [1.54, 1.807) is 11.8 Å². The molecule has 0 aromatic heterocycles. The monoisotopic (exact) mass is 394 g/mol. The number of hydrogen-bond donors (Lipinski definition) is 2. The first kappa shape index (κ1) is 21.1. The third-order valence-electron chi connectivity index (χ3n) is 6.72. The quantitative estimate of drug-likeness (QED) is 0.720.